The average molecular weight is 379 g/mol. The molecule has 0 aliphatic carbocycles. The second kappa shape index (κ2) is 12.6. The zero-order valence-electron chi connectivity index (χ0n) is 17.8. The quantitative estimate of drug-likeness (QED) is 0.407. The van der Waals surface area contributed by atoms with Crippen LogP contribution in [-0.2, 0) is 0 Å². The van der Waals surface area contributed by atoms with E-state index >= 15 is 0 Å². The molecule has 0 radical (unpaired) electrons. The maximum absolute atomic E-state index is 10.2. The van der Waals surface area contributed by atoms with Crippen LogP contribution in [0.4, 0.5) is 0 Å². The summed E-state index contributed by atoms with van der Waals surface area (Å²) in [5.74, 6) is 1.49. The van der Waals surface area contributed by atoms with Gasteiger partial charge in [-0.05, 0) is 59.2 Å². The maximum atomic E-state index is 10.2. The largest absolute Gasteiger partial charge is 0.491 e. The fraction of sp³-hybridized carbons (Fsp3) is 0.667. The predicted molar refractivity (Wildman–Crippen MR) is 114 cm³/mol. The molecule has 27 heavy (non-hydrogen) atoms. The summed E-state index contributed by atoms with van der Waals surface area (Å²) in [6, 6.07) is 8.82. The molecule has 0 spiro atoms. The third-order valence-electron chi connectivity index (χ3n) is 4.23. The number of aliphatic imine (C=N–C) groups is 1. The number of rotatable bonds is 11. The van der Waals surface area contributed by atoms with Crippen molar-refractivity contribution in [2.45, 2.75) is 59.7 Å². The first-order valence-electron chi connectivity index (χ1n) is 9.98. The Labute approximate surface area is 165 Å². The molecule has 6 nitrogen and oxygen atoms in total. The third-order valence-corrected chi connectivity index (χ3v) is 4.23. The van der Waals surface area contributed by atoms with Gasteiger partial charge < -0.3 is 20.5 Å². The van der Waals surface area contributed by atoms with Crippen LogP contribution in [0.2, 0.25) is 0 Å². The number of hydrogen-bond acceptors (Lipinski definition) is 4. The van der Waals surface area contributed by atoms with E-state index in [1.165, 1.54) is 0 Å². The lowest BCUT2D eigenvalue weighted by molar-refractivity contribution is 0.114. The molecule has 3 N–H and O–H groups in total. The van der Waals surface area contributed by atoms with Crippen LogP contribution in [0.1, 0.15) is 40.2 Å². The van der Waals surface area contributed by atoms with E-state index in [4.69, 9.17) is 4.74 Å². The summed E-state index contributed by atoms with van der Waals surface area (Å²) in [4.78, 5) is 6.91. The highest BCUT2D eigenvalue weighted by atomic mass is 16.5. The van der Waals surface area contributed by atoms with Crippen LogP contribution in [0.3, 0.4) is 0 Å². The minimum Gasteiger partial charge on any atom is -0.491 e. The van der Waals surface area contributed by atoms with Crippen molar-refractivity contribution in [3.63, 3.8) is 0 Å². The highest BCUT2D eigenvalue weighted by Crippen LogP contribution is 2.12. The van der Waals surface area contributed by atoms with Crippen molar-refractivity contribution >= 4 is 5.96 Å². The Morgan fingerprint density at radius 3 is 2.48 bits per heavy atom. The van der Waals surface area contributed by atoms with E-state index in [9.17, 15) is 5.11 Å². The van der Waals surface area contributed by atoms with Gasteiger partial charge in [0.1, 0.15) is 18.5 Å². The lowest BCUT2D eigenvalue weighted by atomic mass is 10.2. The summed E-state index contributed by atoms with van der Waals surface area (Å²) >= 11 is 0. The number of benzene rings is 1. The van der Waals surface area contributed by atoms with Gasteiger partial charge in [-0.3, -0.25) is 9.89 Å². The van der Waals surface area contributed by atoms with Crippen molar-refractivity contribution in [3.8, 4) is 5.75 Å². The predicted octanol–water partition coefficient (Wildman–Crippen LogP) is 2.41. The molecule has 6 heteroatoms. The molecule has 0 aromatic heterocycles. The van der Waals surface area contributed by atoms with Crippen LogP contribution in [0, 0.1) is 6.92 Å². The number of nitrogens with zero attached hydrogens (tertiary/aromatic N) is 2. The van der Waals surface area contributed by atoms with Crippen molar-refractivity contribution in [2.75, 3.05) is 32.8 Å². The van der Waals surface area contributed by atoms with Crippen LogP contribution < -0.4 is 15.4 Å². The second-order valence-electron chi connectivity index (χ2n) is 7.35. The van der Waals surface area contributed by atoms with Crippen molar-refractivity contribution in [1.29, 1.82) is 0 Å². The Kier molecular flexibility index (Phi) is 10.8. The smallest absolute Gasteiger partial charge is 0.191 e. The van der Waals surface area contributed by atoms with Crippen molar-refractivity contribution in [1.82, 2.24) is 15.5 Å². The highest BCUT2D eigenvalue weighted by molar-refractivity contribution is 5.79. The van der Waals surface area contributed by atoms with Crippen molar-refractivity contribution in [2.24, 2.45) is 4.99 Å². The first-order valence-corrected chi connectivity index (χ1v) is 9.98. The van der Waals surface area contributed by atoms with Crippen molar-refractivity contribution < 1.29 is 9.84 Å². The zero-order valence-corrected chi connectivity index (χ0v) is 17.8. The Balaban J connectivity index is 2.44. The molecule has 1 rings (SSSR count). The fourth-order valence-electron chi connectivity index (χ4n) is 2.90. The molecular weight excluding hydrogens is 340 g/mol. The van der Waals surface area contributed by atoms with Gasteiger partial charge in [-0.2, -0.15) is 0 Å². The lowest BCUT2D eigenvalue weighted by Crippen LogP contribution is -2.45. The summed E-state index contributed by atoms with van der Waals surface area (Å²) in [7, 11) is 0. The number of nitrogens with one attached hydrogen (secondary N) is 2. The van der Waals surface area contributed by atoms with E-state index in [1.807, 2.05) is 38.1 Å². The molecule has 0 aliphatic rings. The van der Waals surface area contributed by atoms with Gasteiger partial charge in [0.05, 0.1) is 6.54 Å². The monoisotopic (exact) mass is 378 g/mol. The van der Waals surface area contributed by atoms with Crippen molar-refractivity contribution in [3.05, 3.63) is 29.8 Å². The number of aliphatic hydroxyl groups is 1. The van der Waals surface area contributed by atoms with Gasteiger partial charge >= 0.3 is 0 Å². The molecule has 0 amide bonds. The molecule has 0 heterocycles. The van der Waals surface area contributed by atoms with Crippen LogP contribution >= 0.6 is 0 Å². The standard InChI is InChI=1S/C21H38N4O2/c1-7-22-21(23-11-12-25(16(2)3)17(4)5)24-14-19(26)15-27-20-10-8-9-18(6)13-20/h8-10,13,16-17,19,26H,7,11-12,14-15H2,1-6H3,(H2,22,23,24). The molecule has 1 unspecified atom stereocenters. The van der Waals surface area contributed by atoms with E-state index in [-0.39, 0.29) is 6.61 Å². The summed E-state index contributed by atoms with van der Waals surface area (Å²) in [6.07, 6.45) is -0.649. The summed E-state index contributed by atoms with van der Waals surface area (Å²) < 4.78 is 5.64. The SMILES string of the molecule is CCNC(=NCC(O)COc1cccc(C)c1)NCCN(C(C)C)C(C)C. The normalized spacial score (nSPS) is 13.3. The van der Waals surface area contributed by atoms with Crippen LogP contribution in [0.5, 0.6) is 5.75 Å². The minimum atomic E-state index is -0.649. The zero-order chi connectivity index (χ0) is 20.2. The van der Waals surface area contributed by atoms with Gasteiger partial charge in [0.2, 0.25) is 0 Å². The lowest BCUT2D eigenvalue weighted by Gasteiger charge is -2.30. The topological polar surface area (TPSA) is 69.1 Å². The fourth-order valence-corrected chi connectivity index (χ4v) is 2.90. The molecule has 0 saturated heterocycles. The van der Waals surface area contributed by atoms with Gasteiger partial charge in [-0.25, -0.2) is 0 Å². The molecule has 0 fully saturated rings. The van der Waals surface area contributed by atoms with Crippen LogP contribution in [0.25, 0.3) is 0 Å². The Bertz CT molecular complexity index is 553. The van der Waals surface area contributed by atoms with Gasteiger partial charge in [-0.15, -0.1) is 0 Å². The molecule has 0 bridgehead atoms. The second-order valence-corrected chi connectivity index (χ2v) is 7.35. The number of aryl methyl sites for hydroxylation is 1. The highest BCUT2D eigenvalue weighted by Gasteiger charge is 2.13. The Hall–Kier alpha value is -1.79. The molecule has 1 aromatic carbocycles. The number of aliphatic hydroxyl groups excluding tert-OH is 1. The average Bonchev–Trinajstić information content (AvgIpc) is 2.60. The first kappa shape index (κ1) is 23.2. The van der Waals surface area contributed by atoms with Gasteiger partial charge in [0, 0.05) is 31.7 Å². The molecular formula is C21H38N4O2. The van der Waals surface area contributed by atoms with Crippen LogP contribution in [-0.4, -0.2) is 66.9 Å². The maximum Gasteiger partial charge on any atom is 0.191 e. The third kappa shape index (κ3) is 9.63. The van der Waals surface area contributed by atoms with E-state index in [1.54, 1.807) is 0 Å². The van der Waals surface area contributed by atoms with E-state index in [0.717, 1.165) is 36.9 Å². The number of hydrogen-bond donors (Lipinski definition) is 3. The van der Waals surface area contributed by atoms with E-state index in [0.29, 0.717) is 18.6 Å². The molecule has 154 valence electrons. The number of ether oxygens (including phenoxy) is 1. The summed E-state index contributed by atoms with van der Waals surface area (Å²) in [6.45, 7) is 15.9. The minimum absolute atomic E-state index is 0.223. The van der Waals surface area contributed by atoms with E-state index < -0.39 is 6.10 Å². The Morgan fingerprint density at radius 2 is 1.89 bits per heavy atom. The molecule has 1 atom stereocenters. The van der Waals surface area contributed by atoms with Gasteiger partial charge in [0.25, 0.3) is 0 Å². The first-order chi connectivity index (χ1) is 12.8. The summed E-state index contributed by atoms with van der Waals surface area (Å²) in [5, 5.41) is 16.7. The van der Waals surface area contributed by atoms with Gasteiger partial charge in [-0.1, -0.05) is 12.1 Å². The van der Waals surface area contributed by atoms with Gasteiger partial charge in [0.15, 0.2) is 5.96 Å². The molecule has 1 aromatic rings. The van der Waals surface area contributed by atoms with Crippen LogP contribution in [0.15, 0.2) is 29.3 Å². The molecule has 0 saturated carbocycles. The molecule has 0 aliphatic heterocycles. The number of guanidine groups is 1. The summed E-state index contributed by atoms with van der Waals surface area (Å²) in [5.41, 5.74) is 1.13. The Morgan fingerprint density at radius 1 is 1.19 bits per heavy atom. The van der Waals surface area contributed by atoms with E-state index in [2.05, 4.69) is 48.2 Å².